The van der Waals surface area contributed by atoms with Crippen LogP contribution in [-0.2, 0) is 9.53 Å². The van der Waals surface area contributed by atoms with Gasteiger partial charge in [0.2, 0.25) is 5.91 Å². The average molecular weight is 292 g/mol. The highest BCUT2D eigenvalue weighted by Gasteiger charge is 2.18. The smallest absolute Gasteiger partial charge is 0.225 e. The molecule has 2 heterocycles. The molecule has 1 saturated heterocycles. The Bertz CT molecular complexity index is 500. The number of anilines is 1. The Labute approximate surface area is 124 Å². The third-order valence-electron chi connectivity index (χ3n) is 3.60. The zero-order valence-corrected chi connectivity index (χ0v) is 12.0. The van der Waals surface area contributed by atoms with Crippen molar-refractivity contribution in [3.8, 4) is 11.5 Å². The van der Waals surface area contributed by atoms with E-state index in [0.717, 1.165) is 32.8 Å². The molecule has 2 aliphatic heterocycles. The Kier molecular flexibility index (Phi) is 4.57. The molecule has 1 fully saturated rings. The predicted octanol–water partition coefficient (Wildman–Crippen LogP) is 1.12. The summed E-state index contributed by atoms with van der Waals surface area (Å²) in [5, 5.41) is 2.91. The third kappa shape index (κ3) is 3.65. The number of benzene rings is 1. The molecule has 114 valence electrons. The van der Waals surface area contributed by atoms with Crippen molar-refractivity contribution in [3.05, 3.63) is 18.2 Å². The minimum absolute atomic E-state index is 0.0101. The number of ether oxygens (including phenoxy) is 3. The number of rotatable bonds is 4. The lowest BCUT2D eigenvalue weighted by Gasteiger charge is -2.26. The Morgan fingerprint density at radius 1 is 1.14 bits per heavy atom. The fraction of sp³-hybridized carbons (Fsp3) is 0.533. The Balaban J connectivity index is 1.55. The van der Waals surface area contributed by atoms with Gasteiger partial charge in [0.1, 0.15) is 13.2 Å². The van der Waals surface area contributed by atoms with Crippen molar-refractivity contribution >= 4 is 11.6 Å². The maximum Gasteiger partial charge on any atom is 0.225 e. The maximum absolute atomic E-state index is 12.1. The van der Waals surface area contributed by atoms with Gasteiger partial charge in [0.25, 0.3) is 0 Å². The number of fused-ring (bicyclic) bond motifs is 1. The standard InChI is InChI=1S/C15H20N2O4/c18-14(4-5-17-6-8-19-9-7-17)16-12-2-1-3-13-15(12)21-11-10-20-13/h1-3H,4-11H2,(H,16,18). The van der Waals surface area contributed by atoms with Crippen molar-refractivity contribution in [2.45, 2.75) is 6.42 Å². The lowest BCUT2D eigenvalue weighted by Crippen LogP contribution is -2.38. The number of carbonyl (C=O) groups excluding carboxylic acids is 1. The molecule has 0 radical (unpaired) electrons. The first-order chi connectivity index (χ1) is 10.3. The van der Waals surface area contributed by atoms with Crippen molar-refractivity contribution < 1.29 is 19.0 Å². The van der Waals surface area contributed by atoms with Gasteiger partial charge in [0.15, 0.2) is 11.5 Å². The Morgan fingerprint density at radius 2 is 1.95 bits per heavy atom. The van der Waals surface area contributed by atoms with Crippen molar-refractivity contribution in [2.75, 3.05) is 51.4 Å². The molecule has 3 rings (SSSR count). The second-order valence-corrected chi connectivity index (χ2v) is 5.08. The lowest BCUT2D eigenvalue weighted by molar-refractivity contribution is -0.116. The van der Waals surface area contributed by atoms with E-state index in [1.165, 1.54) is 0 Å². The van der Waals surface area contributed by atoms with Crippen LogP contribution in [0.25, 0.3) is 0 Å². The second-order valence-electron chi connectivity index (χ2n) is 5.08. The van der Waals surface area contributed by atoms with Gasteiger partial charge in [-0.3, -0.25) is 9.69 Å². The van der Waals surface area contributed by atoms with E-state index >= 15 is 0 Å². The number of carbonyl (C=O) groups is 1. The fourth-order valence-corrected chi connectivity index (χ4v) is 2.47. The molecule has 0 bridgehead atoms. The zero-order chi connectivity index (χ0) is 14.5. The quantitative estimate of drug-likeness (QED) is 0.901. The molecule has 21 heavy (non-hydrogen) atoms. The van der Waals surface area contributed by atoms with Gasteiger partial charge in [-0.25, -0.2) is 0 Å². The highest BCUT2D eigenvalue weighted by Crippen LogP contribution is 2.37. The molecule has 0 aromatic heterocycles. The summed E-state index contributed by atoms with van der Waals surface area (Å²) in [7, 11) is 0. The van der Waals surface area contributed by atoms with E-state index in [1.54, 1.807) is 0 Å². The molecule has 0 unspecified atom stereocenters. The van der Waals surface area contributed by atoms with Gasteiger partial charge in [0.05, 0.1) is 18.9 Å². The summed E-state index contributed by atoms with van der Waals surface area (Å²) in [5.74, 6) is 1.31. The van der Waals surface area contributed by atoms with E-state index in [2.05, 4.69) is 10.2 Å². The van der Waals surface area contributed by atoms with Crippen molar-refractivity contribution in [3.63, 3.8) is 0 Å². The minimum Gasteiger partial charge on any atom is -0.486 e. The van der Waals surface area contributed by atoms with Crippen molar-refractivity contribution in [2.24, 2.45) is 0 Å². The average Bonchev–Trinajstić information content (AvgIpc) is 2.54. The molecule has 1 aromatic carbocycles. The molecule has 0 saturated carbocycles. The number of hydrogen-bond acceptors (Lipinski definition) is 5. The molecule has 6 heteroatoms. The molecular weight excluding hydrogens is 272 g/mol. The molecule has 2 aliphatic rings. The Morgan fingerprint density at radius 3 is 2.81 bits per heavy atom. The van der Waals surface area contributed by atoms with Crippen LogP contribution in [0.1, 0.15) is 6.42 Å². The SMILES string of the molecule is O=C(CCN1CCOCC1)Nc1cccc2c1OCCO2. The van der Waals surface area contributed by atoms with E-state index in [4.69, 9.17) is 14.2 Å². The van der Waals surface area contributed by atoms with Gasteiger partial charge in [-0.2, -0.15) is 0 Å². The summed E-state index contributed by atoms with van der Waals surface area (Å²) in [5.41, 5.74) is 0.680. The molecular formula is C15H20N2O4. The van der Waals surface area contributed by atoms with Crippen LogP contribution in [0.3, 0.4) is 0 Å². The summed E-state index contributed by atoms with van der Waals surface area (Å²) in [6.07, 6.45) is 0.463. The van der Waals surface area contributed by atoms with E-state index in [9.17, 15) is 4.79 Å². The highest BCUT2D eigenvalue weighted by atomic mass is 16.6. The topological polar surface area (TPSA) is 60.0 Å². The van der Waals surface area contributed by atoms with Crippen LogP contribution in [0.15, 0.2) is 18.2 Å². The zero-order valence-electron chi connectivity index (χ0n) is 12.0. The molecule has 0 atom stereocenters. The van der Waals surface area contributed by atoms with Crippen LogP contribution >= 0.6 is 0 Å². The first kappa shape index (κ1) is 14.2. The fourth-order valence-electron chi connectivity index (χ4n) is 2.47. The van der Waals surface area contributed by atoms with Crippen LogP contribution in [0.4, 0.5) is 5.69 Å². The lowest BCUT2D eigenvalue weighted by atomic mass is 10.2. The summed E-state index contributed by atoms with van der Waals surface area (Å²) < 4.78 is 16.4. The van der Waals surface area contributed by atoms with E-state index in [0.29, 0.717) is 36.8 Å². The monoisotopic (exact) mass is 292 g/mol. The molecule has 1 aromatic rings. The first-order valence-electron chi connectivity index (χ1n) is 7.31. The largest absolute Gasteiger partial charge is 0.486 e. The summed E-state index contributed by atoms with van der Waals surface area (Å²) in [6.45, 7) is 5.09. The number of nitrogens with one attached hydrogen (secondary N) is 1. The van der Waals surface area contributed by atoms with Gasteiger partial charge < -0.3 is 19.5 Å². The highest BCUT2D eigenvalue weighted by molar-refractivity contribution is 5.93. The number of para-hydroxylation sites is 1. The van der Waals surface area contributed by atoms with Gasteiger partial charge in [0, 0.05) is 26.1 Å². The second kappa shape index (κ2) is 6.78. The van der Waals surface area contributed by atoms with Crippen LogP contribution in [-0.4, -0.2) is 56.9 Å². The normalized spacial score (nSPS) is 18.3. The van der Waals surface area contributed by atoms with Gasteiger partial charge in [-0.1, -0.05) is 6.07 Å². The van der Waals surface area contributed by atoms with E-state index < -0.39 is 0 Å². The summed E-state index contributed by atoms with van der Waals surface area (Å²) in [4.78, 5) is 14.3. The maximum atomic E-state index is 12.1. The molecule has 6 nitrogen and oxygen atoms in total. The van der Waals surface area contributed by atoms with Crippen LogP contribution in [0, 0.1) is 0 Å². The number of hydrogen-bond donors (Lipinski definition) is 1. The molecule has 0 aliphatic carbocycles. The number of amides is 1. The summed E-state index contributed by atoms with van der Waals surface area (Å²) in [6, 6.07) is 5.53. The molecule has 1 N–H and O–H groups in total. The van der Waals surface area contributed by atoms with Crippen LogP contribution < -0.4 is 14.8 Å². The van der Waals surface area contributed by atoms with Gasteiger partial charge >= 0.3 is 0 Å². The Hall–Kier alpha value is -1.79. The van der Waals surface area contributed by atoms with E-state index in [-0.39, 0.29) is 5.91 Å². The number of nitrogens with zero attached hydrogens (tertiary/aromatic N) is 1. The van der Waals surface area contributed by atoms with E-state index in [1.807, 2.05) is 18.2 Å². The minimum atomic E-state index is -0.0101. The molecule has 0 spiro atoms. The van der Waals surface area contributed by atoms with Gasteiger partial charge in [-0.15, -0.1) is 0 Å². The summed E-state index contributed by atoms with van der Waals surface area (Å²) >= 11 is 0. The van der Waals surface area contributed by atoms with Crippen molar-refractivity contribution in [1.29, 1.82) is 0 Å². The van der Waals surface area contributed by atoms with Crippen molar-refractivity contribution in [1.82, 2.24) is 4.90 Å². The number of morpholine rings is 1. The van der Waals surface area contributed by atoms with Crippen LogP contribution in [0.5, 0.6) is 11.5 Å². The van der Waals surface area contributed by atoms with Gasteiger partial charge in [-0.05, 0) is 12.1 Å². The van der Waals surface area contributed by atoms with Crippen LogP contribution in [0.2, 0.25) is 0 Å². The third-order valence-corrected chi connectivity index (χ3v) is 3.60. The first-order valence-corrected chi connectivity index (χ1v) is 7.31. The molecule has 1 amide bonds. The predicted molar refractivity (Wildman–Crippen MR) is 77.9 cm³/mol.